The Hall–Kier alpha value is -1.10. The molecule has 1 aromatic heterocycles. The van der Waals surface area contributed by atoms with Crippen LogP contribution in [-0.4, -0.2) is 19.9 Å². The second-order valence-electron chi connectivity index (χ2n) is 4.85. The van der Waals surface area contributed by atoms with E-state index in [0.29, 0.717) is 28.6 Å². The summed E-state index contributed by atoms with van der Waals surface area (Å²) >= 11 is 12.2. The fraction of sp³-hybridized carbons (Fsp3) is 0.429. The summed E-state index contributed by atoms with van der Waals surface area (Å²) < 4.78 is 1.61. The summed E-state index contributed by atoms with van der Waals surface area (Å²) in [5, 5.41) is 16.1. The Morgan fingerprint density at radius 2 is 2.15 bits per heavy atom. The van der Waals surface area contributed by atoms with Crippen molar-refractivity contribution in [1.29, 1.82) is 0 Å². The number of nitrogens with zero attached hydrogens (tertiary/aromatic N) is 3. The summed E-state index contributed by atoms with van der Waals surface area (Å²) in [7, 11) is 0. The Morgan fingerprint density at radius 1 is 1.35 bits per heavy atom. The van der Waals surface area contributed by atoms with Crippen molar-refractivity contribution in [2.45, 2.75) is 38.3 Å². The van der Waals surface area contributed by atoms with Gasteiger partial charge in [-0.3, -0.25) is 0 Å². The van der Waals surface area contributed by atoms with Crippen LogP contribution < -0.4 is 0 Å². The van der Waals surface area contributed by atoms with E-state index < -0.39 is 5.60 Å². The highest BCUT2D eigenvalue weighted by atomic mass is 35.5. The third-order valence-electron chi connectivity index (χ3n) is 3.27. The fourth-order valence-electron chi connectivity index (χ4n) is 2.22. The molecule has 0 aliphatic carbocycles. The monoisotopic (exact) mass is 313 g/mol. The molecule has 0 saturated carbocycles. The molecule has 4 nitrogen and oxygen atoms in total. The van der Waals surface area contributed by atoms with Gasteiger partial charge in [-0.1, -0.05) is 49.0 Å². The summed E-state index contributed by atoms with van der Waals surface area (Å²) in [6.45, 7) is 2.40. The highest BCUT2D eigenvalue weighted by Crippen LogP contribution is 2.35. The number of hydrogen-bond acceptors (Lipinski definition) is 3. The molecule has 20 heavy (non-hydrogen) atoms. The Labute approximate surface area is 128 Å². The Bertz CT molecular complexity index is 560. The van der Waals surface area contributed by atoms with Gasteiger partial charge in [-0.05, 0) is 18.6 Å². The van der Waals surface area contributed by atoms with Crippen LogP contribution in [0, 0.1) is 0 Å². The van der Waals surface area contributed by atoms with Crippen LogP contribution in [0.15, 0.2) is 30.9 Å². The maximum absolute atomic E-state index is 11.0. The molecule has 0 spiro atoms. The van der Waals surface area contributed by atoms with E-state index in [1.807, 2.05) is 0 Å². The molecular formula is C14H17Cl2N3O. The first-order valence-corrected chi connectivity index (χ1v) is 7.31. The highest BCUT2D eigenvalue weighted by Gasteiger charge is 2.31. The maximum Gasteiger partial charge on any atom is 0.137 e. The van der Waals surface area contributed by atoms with Crippen LogP contribution in [0.4, 0.5) is 0 Å². The van der Waals surface area contributed by atoms with Crippen LogP contribution in [0.25, 0.3) is 0 Å². The molecule has 0 bridgehead atoms. The van der Waals surface area contributed by atoms with Crippen LogP contribution in [0.5, 0.6) is 0 Å². The van der Waals surface area contributed by atoms with Gasteiger partial charge in [-0.15, -0.1) is 0 Å². The summed E-state index contributed by atoms with van der Waals surface area (Å²) in [5.41, 5.74) is -0.404. The van der Waals surface area contributed by atoms with Gasteiger partial charge in [-0.25, -0.2) is 9.67 Å². The SMILES string of the molecule is CCCC[C@](O)(Cn1cncn1)c1ccc(Cl)cc1Cl. The quantitative estimate of drug-likeness (QED) is 0.885. The molecule has 0 fully saturated rings. The minimum Gasteiger partial charge on any atom is -0.383 e. The van der Waals surface area contributed by atoms with Gasteiger partial charge in [0.05, 0.1) is 6.54 Å². The molecule has 2 aromatic rings. The first kappa shape index (κ1) is 15.3. The average Bonchev–Trinajstić information content (AvgIpc) is 2.88. The van der Waals surface area contributed by atoms with E-state index in [1.54, 1.807) is 29.2 Å². The minimum absolute atomic E-state index is 0.314. The minimum atomic E-state index is -1.08. The smallest absolute Gasteiger partial charge is 0.137 e. The molecule has 1 atom stereocenters. The lowest BCUT2D eigenvalue weighted by molar-refractivity contribution is 0.00429. The topological polar surface area (TPSA) is 50.9 Å². The summed E-state index contributed by atoms with van der Waals surface area (Å²) in [5.74, 6) is 0. The molecule has 0 amide bonds. The standard InChI is InChI=1S/C14H17Cl2N3O/c1-2-3-6-14(20,8-19-10-17-9-18-19)12-5-4-11(15)7-13(12)16/h4-5,7,9-10,20H,2-3,6,8H2,1H3/t14-/m0/s1. The van der Waals surface area contributed by atoms with Crippen molar-refractivity contribution in [3.05, 3.63) is 46.5 Å². The molecule has 0 unspecified atom stereocenters. The Kier molecular flexibility index (Phi) is 5.02. The van der Waals surface area contributed by atoms with Crippen molar-refractivity contribution < 1.29 is 5.11 Å². The van der Waals surface area contributed by atoms with Gasteiger partial charge in [0.25, 0.3) is 0 Å². The van der Waals surface area contributed by atoms with Crippen LogP contribution in [-0.2, 0) is 12.1 Å². The first-order chi connectivity index (χ1) is 9.55. The summed E-state index contributed by atoms with van der Waals surface area (Å²) in [4.78, 5) is 3.90. The second kappa shape index (κ2) is 6.57. The van der Waals surface area contributed by atoms with Gasteiger partial charge in [0.1, 0.15) is 18.3 Å². The van der Waals surface area contributed by atoms with Crippen molar-refractivity contribution in [3.8, 4) is 0 Å². The van der Waals surface area contributed by atoms with E-state index >= 15 is 0 Å². The van der Waals surface area contributed by atoms with E-state index in [0.717, 1.165) is 12.8 Å². The van der Waals surface area contributed by atoms with Crippen LogP contribution in [0.1, 0.15) is 31.7 Å². The van der Waals surface area contributed by atoms with Crippen LogP contribution in [0.3, 0.4) is 0 Å². The van der Waals surface area contributed by atoms with Crippen molar-refractivity contribution in [1.82, 2.24) is 14.8 Å². The molecule has 1 heterocycles. The zero-order valence-electron chi connectivity index (χ0n) is 11.3. The zero-order chi connectivity index (χ0) is 14.6. The predicted octanol–water partition coefficient (Wildman–Crippen LogP) is 3.66. The molecule has 1 N–H and O–H groups in total. The number of benzene rings is 1. The van der Waals surface area contributed by atoms with Gasteiger partial charge in [0, 0.05) is 15.6 Å². The molecule has 6 heteroatoms. The molecule has 108 valence electrons. The first-order valence-electron chi connectivity index (χ1n) is 6.55. The Morgan fingerprint density at radius 3 is 2.75 bits per heavy atom. The lowest BCUT2D eigenvalue weighted by Crippen LogP contribution is -2.32. The average molecular weight is 314 g/mol. The number of aliphatic hydroxyl groups is 1. The number of hydrogen-bond donors (Lipinski definition) is 1. The molecule has 1 aromatic carbocycles. The molecule has 0 aliphatic rings. The molecule has 0 saturated heterocycles. The normalized spacial score (nSPS) is 14.2. The zero-order valence-corrected chi connectivity index (χ0v) is 12.8. The van der Waals surface area contributed by atoms with Crippen molar-refractivity contribution in [2.75, 3.05) is 0 Å². The van der Waals surface area contributed by atoms with E-state index in [1.165, 1.54) is 6.33 Å². The van der Waals surface area contributed by atoms with E-state index in [4.69, 9.17) is 23.2 Å². The van der Waals surface area contributed by atoms with Crippen molar-refractivity contribution >= 4 is 23.2 Å². The van der Waals surface area contributed by atoms with Gasteiger partial charge in [0.15, 0.2) is 0 Å². The maximum atomic E-state index is 11.0. The van der Waals surface area contributed by atoms with Crippen LogP contribution in [0.2, 0.25) is 10.0 Å². The lowest BCUT2D eigenvalue weighted by Gasteiger charge is -2.29. The van der Waals surface area contributed by atoms with Gasteiger partial charge < -0.3 is 5.11 Å². The molecular weight excluding hydrogens is 297 g/mol. The summed E-state index contributed by atoms with van der Waals surface area (Å²) in [6.07, 6.45) is 5.52. The third kappa shape index (κ3) is 3.51. The van der Waals surface area contributed by atoms with Gasteiger partial charge >= 0.3 is 0 Å². The lowest BCUT2D eigenvalue weighted by atomic mass is 9.88. The number of aromatic nitrogens is 3. The number of halogens is 2. The van der Waals surface area contributed by atoms with E-state index in [-0.39, 0.29) is 0 Å². The van der Waals surface area contributed by atoms with Crippen molar-refractivity contribution in [3.63, 3.8) is 0 Å². The highest BCUT2D eigenvalue weighted by molar-refractivity contribution is 6.35. The van der Waals surface area contributed by atoms with E-state index in [9.17, 15) is 5.11 Å². The molecule has 2 rings (SSSR count). The van der Waals surface area contributed by atoms with Gasteiger partial charge in [0.2, 0.25) is 0 Å². The number of rotatable bonds is 6. The van der Waals surface area contributed by atoms with Gasteiger partial charge in [-0.2, -0.15) is 5.10 Å². The fourth-order valence-corrected chi connectivity index (χ4v) is 2.80. The number of unbranched alkanes of at least 4 members (excludes halogenated alkanes) is 1. The molecule has 0 radical (unpaired) electrons. The second-order valence-corrected chi connectivity index (χ2v) is 5.70. The van der Waals surface area contributed by atoms with Crippen molar-refractivity contribution in [2.24, 2.45) is 0 Å². The largest absolute Gasteiger partial charge is 0.383 e. The van der Waals surface area contributed by atoms with Crippen LogP contribution >= 0.6 is 23.2 Å². The third-order valence-corrected chi connectivity index (χ3v) is 3.81. The molecule has 0 aliphatic heterocycles. The Balaban J connectivity index is 2.34. The van der Waals surface area contributed by atoms with E-state index in [2.05, 4.69) is 17.0 Å². The predicted molar refractivity (Wildman–Crippen MR) is 79.9 cm³/mol. The summed E-state index contributed by atoms with van der Waals surface area (Å²) in [6, 6.07) is 5.16.